The van der Waals surface area contributed by atoms with Gasteiger partial charge in [0.1, 0.15) is 11.3 Å². The molecular weight excluding hydrogens is 357 g/mol. The molecule has 4 nitrogen and oxygen atoms in total. The molecule has 1 amide bonds. The number of benzene rings is 2. The summed E-state index contributed by atoms with van der Waals surface area (Å²) in [6.07, 6.45) is 0. The van der Waals surface area contributed by atoms with E-state index in [4.69, 9.17) is 11.6 Å². The van der Waals surface area contributed by atoms with Gasteiger partial charge in [0.15, 0.2) is 4.34 Å². The number of hydrogen-bond donors (Lipinski definition) is 1. The van der Waals surface area contributed by atoms with Gasteiger partial charge in [-0.15, -0.1) is 10.2 Å². The van der Waals surface area contributed by atoms with Crippen LogP contribution in [-0.4, -0.2) is 16.1 Å². The van der Waals surface area contributed by atoms with Gasteiger partial charge in [0.25, 0.3) is 5.91 Å². The molecule has 0 saturated heterocycles. The summed E-state index contributed by atoms with van der Waals surface area (Å²) in [7, 11) is 0. The normalized spacial score (nSPS) is 10.5. The van der Waals surface area contributed by atoms with Crippen molar-refractivity contribution in [2.24, 2.45) is 0 Å². The van der Waals surface area contributed by atoms with Crippen molar-refractivity contribution in [2.75, 3.05) is 5.32 Å². The maximum absolute atomic E-state index is 13.7. The van der Waals surface area contributed by atoms with Crippen LogP contribution in [0.3, 0.4) is 0 Å². The second-order valence-electron chi connectivity index (χ2n) is 4.41. The molecule has 0 atom stereocenters. The molecule has 0 saturated carbocycles. The molecule has 23 heavy (non-hydrogen) atoms. The first kappa shape index (κ1) is 15.9. The Morgan fingerprint density at radius 1 is 1.22 bits per heavy atom. The van der Waals surface area contributed by atoms with Gasteiger partial charge >= 0.3 is 0 Å². The minimum Gasteiger partial charge on any atom is -0.322 e. The smallest absolute Gasteiger partial charge is 0.258 e. The first-order valence-electron chi connectivity index (χ1n) is 6.42. The van der Waals surface area contributed by atoms with Crippen LogP contribution in [-0.2, 0) is 0 Å². The molecule has 0 aliphatic heterocycles. The first-order chi connectivity index (χ1) is 11.1. The van der Waals surface area contributed by atoms with Crippen molar-refractivity contribution in [3.63, 3.8) is 0 Å². The maximum atomic E-state index is 13.7. The van der Waals surface area contributed by atoms with Gasteiger partial charge in [0, 0.05) is 15.6 Å². The molecule has 2 aromatic carbocycles. The van der Waals surface area contributed by atoms with Crippen LogP contribution in [0.25, 0.3) is 0 Å². The fraction of sp³-hybridized carbons (Fsp3) is 0. The van der Waals surface area contributed by atoms with E-state index in [0.717, 1.165) is 9.24 Å². The van der Waals surface area contributed by atoms with Gasteiger partial charge in [0.05, 0.1) is 5.56 Å². The van der Waals surface area contributed by atoms with Gasteiger partial charge < -0.3 is 5.32 Å². The summed E-state index contributed by atoms with van der Waals surface area (Å²) in [4.78, 5) is 13.1. The number of nitrogens with one attached hydrogen (secondary N) is 1. The molecule has 0 spiro atoms. The highest BCUT2D eigenvalue weighted by Crippen LogP contribution is 2.29. The Morgan fingerprint density at radius 2 is 2.00 bits per heavy atom. The van der Waals surface area contributed by atoms with Crippen LogP contribution in [0.1, 0.15) is 10.4 Å². The lowest BCUT2D eigenvalue weighted by Crippen LogP contribution is -2.13. The fourth-order valence-electron chi connectivity index (χ4n) is 1.78. The SMILES string of the molecule is O=C(Nc1ccc(Sc2nncs2)cc1)c1cc(Cl)ccc1F. The molecule has 1 aromatic heterocycles. The predicted octanol–water partition coefficient (Wildman–Crippen LogP) is 4.73. The second kappa shape index (κ2) is 7.08. The maximum Gasteiger partial charge on any atom is 0.258 e. The van der Waals surface area contributed by atoms with Gasteiger partial charge in [-0.1, -0.05) is 34.7 Å². The van der Waals surface area contributed by atoms with Gasteiger partial charge in [-0.3, -0.25) is 4.79 Å². The number of anilines is 1. The zero-order valence-electron chi connectivity index (χ0n) is 11.5. The van der Waals surface area contributed by atoms with E-state index in [-0.39, 0.29) is 5.56 Å². The summed E-state index contributed by atoms with van der Waals surface area (Å²) in [5.41, 5.74) is 2.14. The van der Waals surface area contributed by atoms with E-state index in [0.29, 0.717) is 10.7 Å². The molecule has 3 aromatic rings. The van der Waals surface area contributed by atoms with Crippen LogP contribution < -0.4 is 5.32 Å². The number of carbonyl (C=O) groups excluding carboxylic acids is 1. The summed E-state index contributed by atoms with van der Waals surface area (Å²) >= 11 is 8.72. The molecule has 1 N–H and O–H groups in total. The van der Waals surface area contributed by atoms with Crippen molar-refractivity contribution in [1.82, 2.24) is 10.2 Å². The molecule has 0 aliphatic rings. The molecule has 0 aliphatic carbocycles. The molecule has 0 bridgehead atoms. The van der Waals surface area contributed by atoms with Crippen molar-refractivity contribution in [3.05, 3.63) is 64.4 Å². The van der Waals surface area contributed by atoms with E-state index in [2.05, 4.69) is 15.5 Å². The minimum absolute atomic E-state index is 0.0928. The molecule has 8 heteroatoms. The van der Waals surface area contributed by atoms with Crippen LogP contribution in [0.4, 0.5) is 10.1 Å². The third kappa shape index (κ3) is 4.07. The number of amides is 1. The van der Waals surface area contributed by atoms with E-state index >= 15 is 0 Å². The monoisotopic (exact) mass is 365 g/mol. The van der Waals surface area contributed by atoms with E-state index in [9.17, 15) is 9.18 Å². The molecule has 0 radical (unpaired) electrons. The zero-order valence-corrected chi connectivity index (χ0v) is 13.9. The van der Waals surface area contributed by atoms with Crippen molar-refractivity contribution in [3.8, 4) is 0 Å². The Kier molecular flexibility index (Phi) is 4.90. The Balaban J connectivity index is 1.70. The first-order valence-corrected chi connectivity index (χ1v) is 8.50. The van der Waals surface area contributed by atoms with Crippen LogP contribution in [0.15, 0.2) is 57.2 Å². The highest BCUT2D eigenvalue weighted by molar-refractivity contribution is 8.01. The lowest BCUT2D eigenvalue weighted by Gasteiger charge is -2.07. The highest BCUT2D eigenvalue weighted by Gasteiger charge is 2.12. The van der Waals surface area contributed by atoms with Crippen molar-refractivity contribution < 1.29 is 9.18 Å². The van der Waals surface area contributed by atoms with Gasteiger partial charge in [-0.25, -0.2) is 4.39 Å². The minimum atomic E-state index is -0.615. The number of aromatic nitrogens is 2. The van der Waals surface area contributed by atoms with Crippen LogP contribution >= 0.6 is 34.7 Å². The van der Waals surface area contributed by atoms with Crippen LogP contribution in [0.5, 0.6) is 0 Å². The number of rotatable bonds is 4. The lowest BCUT2D eigenvalue weighted by molar-refractivity contribution is 0.102. The van der Waals surface area contributed by atoms with E-state index < -0.39 is 11.7 Å². The molecule has 116 valence electrons. The highest BCUT2D eigenvalue weighted by atomic mass is 35.5. The Bertz CT molecular complexity index is 825. The lowest BCUT2D eigenvalue weighted by atomic mass is 10.2. The second-order valence-corrected chi connectivity index (χ2v) is 7.00. The van der Waals surface area contributed by atoms with E-state index in [1.807, 2.05) is 12.1 Å². The standard InChI is InChI=1S/C15H9ClFN3OS2/c16-9-1-6-13(17)12(7-9)14(21)19-10-2-4-11(5-3-10)23-15-20-18-8-22-15/h1-8H,(H,19,21). The summed E-state index contributed by atoms with van der Waals surface area (Å²) < 4.78 is 14.5. The van der Waals surface area contributed by atoms with Crippen molar-refractivity contribution >= 4 is 46.3 Å². The van der Waals surface area contributed by atoms with Crippen LogP contribution in [0.2, 0.25) is 5.02 Å². The van der Waals surface area contributed by atoms with Crippen molar-refractivity contribution in [1.29, 1.82) is 0 Å². The quantitative estimate of drug-likeness (QED) is 0.725. The summed E-state index contributed by atoms with van der Waals surface area (Å²) in [6, 6.07) is 11.0. The third-order valence-electron chi connectivity index (χ3n) is 2.83. The van der Waals surface area contributed by atoms with E-state index in [1.54, 1.807) is 17.6 Å². The Labute approximate surface area is 144 Å². The summed E-state index contributed by atoms with van der Waals surface area (Å²) in [5.74, 6) is -1.16. The molecule has 0 fully saturated rings. The largest absolute Gasteiger partial charge is 0.322 e. The summed E-state index contributed by atoms with van der Waals surface area (Å²) in [5, 5.41) is 10.7. The molecule has 3 rings (SSSR count). The van der Waals surface area contributed by atoms with Gasteiger partial charge in [-0.2, -0.15) is 0 Å². The Hall–Kier alpha value is -1.96. The average Bonchev–Trinajstić information content (AvgIpc) is 3.04. The average molecular weight is 366 g/mol. The number of halogens is 2. The van der Waals surface area contributed by atoms with Crippen molar-refractivity contribution in [2.45, 2.75) is 9.24 Å². The fourth-order valence-corrected chi connectivity index (χ4v) is 3.41. The molecular formula is C15H9ClFN3OS2. The van der Waals surface area contributed by atoms with Crippen LogP contribution in [0, 0.1) is 5.82 Å². The molecule has 1 heterocycles. The van der Waals surface area contributed by atoms with E-state index in [1.165, 1.54) is 41.3 Å². The Morgan fingerprint density at radius 3 is 2.70 bits per heavy atom. The third-order valence-corrected chi connectivity index (χ3v) is 4.85. The number of hydrogen-bond acceptors (Lipinski definition) is 5. The van der Waals surface area contributed by atoms with Gasteiger partial charge in [0.2, 0.25) is 0 Å². The summed E-state index contributed by atoms with van der Waals surface area (Å²) in [6.45, 7) is 0. The number of nitrogens with zero attached hydrogens (tertiary/aromatic N) is 2. The van der Waals surface area contributed by atoms with Gasteiger partial charge in [-0.05, 0) is 42.5 Å². The zero-order chi connectivity index (χ0) is 16.2. The molecule has 0 unspecified atom stereocenters. The number of carbonyl (C=O) groups is 1. The predicted molar refractivity (Wildman–Crippen MR) is 89.8 cm³/mol. The topological polar surface area (TPSA) is 54.9 Å².